The number of aryl methyl sites for hydroxylation is 1. The van der Waals surface area contributed by atoms with E-state index in [-0.39, 0.29) is 0 Å². The Kier molecular flexibility index (Phi) is 4.05. The molecule has 0 N–H and O–H groups in total. The van der Waals surface area contributed by atoms with Crippen LogP contribution in [-0.4, -0.2) is 0 Å². The van der Waals surface area contributed by atoms with Crippen molar-refractivity contribution in [3.8, 4) is 0 Å². The molecular formula is C12H16F2. The van der Waals surface area contributed by atoms with Crippen LogP contribution in [0.1, 0.15) is 37.8 Å². The molecule has 0 fully saturated rings. The molecule has 0 atom stereocenters. The second kappa shape index (κ2) is 5.08. The Balaban J connectivity index is 3.07. The molecule has 0 radical (unpaired) electrons. The van der Waals surface area contributed by atoms with E-state index >= 15 is 0 Å². The molecule has 0 unspecified atom stereocenters. The number of hydrogen-bond acceptors (Lipinski definition) is 0. The molecule has 0 heterocycles. The summed E-state index contributed by atoms with van der Waals surface area (Å²) in [5.41, 5.74) is 1.52. The van der Waals surface area contributed by atoms with E-state index in [1.54, 1.807) is 0 Å². The largest absolute Gasteiger partial charge is 0.207 e. The van der Waals surface area contributed by atoms with Crippen LogP contribution < -0.4 is 0 Å². The maximum absolute atomic E-state index is 13.4. The van der Waals surface area contributed by atoms with Gasteiger partial charge in [0.05, 0.1) is 0 Å². The first-order valence-corrected chi connectivity index (χ1v) is 5.15. The zero-order valence-electron chi connectivity index (χ0n) is 8.74. The van der Waals surface area contributed by atoms with Gasteiger partial charge in [-0.1, -0.05) is 26.7 Å². The molecule has 0 amide bonds. The Labute approximate surface area is 84.0 Å². The van der Waals surface area contributed by atoms with Crippen LogP contribution in [0.25, 0.3) is 0 Å². The van der Waals surface area contributed by atoms with Crippen LogP contribution in [0.2, 0.25) is 0 Å². The van der Waals surface area contributed by atoms with Crippen molar-refractivity contribution in [3.63, 3.8) is 0 Å². The van der Waals surface area contributed by atoms with Crippen LogP contribution in [0, 0.1) is 11.6 Å². The number of hydrogen-bond donors (Lipinski definition) is 0. The first-order valence-electron chi connectivity index (χ1n) is 5.15. The van der Waals surface area contributed by atoms with Gasteiger partial charge in [-0.2, -0.15) is 0 Å². The highest BCUT2D eigenvalue weighted by Gasteiger charge is 2.09. The molecule has 0 aromatic heterocycles. The SMILES string of the molecule is CCCc1cc(F)cc(F)c1CCC. The molecule has 78 valence electrons. The van der Waals surface area contributed by atoms with Crippen molar-refractivity contribution < 1.29 is 8.78 Å². The van der Waals surface area contributed by atoms with E-state index in [9.17, 15) is 8.78 Å². The quantitative estimate of drug-likeness (QED) is 0.689. The van der Waals surface area contributed by atoms with E-state index in [1.165, 1.54) is 6.07 Å². The van der Waals surface area contributed by atoms with Gasteiger partial charge < -0.3 is 0 Å². The van der Waals surface area contributed by atoms with Crippen LogP contribution in [-0.2, 0) is 12.8 Å². The van der Waals surface area contributed by atoms with Crippen molar-refractivity contribution in [2.24, 2.45) is 0 Å². The molecule has 0 saturated heterocycles. The molecule has 0 bridgehead atoms. The summed E-state index contributed by atoms with van der Waals surface area (Å²) in [6.45, 7) is 4.01. The summed E-state index contributed by atoms with van der Waals surface area (Å²) in [5, 5.41) is 0. The third-order valence-corrected chi connectivity index (χ3v) is 2.27. The first-order chi connectivity index (χ1) is 6.69. The highest BCUT2D eigenvalue weighted by Crippen LogP contribution is 2.19. The molecule has 0 spiro atoms. The van der Waals surface area contributed by atoms with Crippen LogP contribution in [0.5, 0.6) is 0 Å². The summed E-state index contributed by atoms with van der Waals surface area (Å²) in [5.74, 6) is -0.860. The Morgan fingerprint density at radius 3 is 2.21 bits per heavy atom. The second-order valence-corrected chi connectivity index (χ2v) is 3.53. The van der Waals surface area contributed by atoms with Gasteiger partial charge in [0.25, 0.3) is 0 Å². The Bertz CT molecular complexity index is 305. The molecule has 1 aromatic rings. The summed E-state index contributed by atoms with van der Waals surface area (Å²) < 4.78 is 26.3. The lowest BCUT2D eigenvalue weighted by atomic mass is 9.99. The average Bonchev–Trinajstić information content (AvgIpc) is 2.11. The Hall–Kier alpha value is -0.920. The van der Waals surface area contributed by atoms with Gasteiger partial charge in [0.2, 0.25) is 0 Å². The molecule has 0 saturated carbocycles. The van der Waals surface area contributed by atoms with Gasteiger partial charge in [0, 0.05) is 6.07 Å². The van der Waals surface area contributed by atoms with E-state index in [4.69, 9.17) is 0 Å². The third kappa shape index (κ3) is 2.53. The van der Waals surface area contributed by atoms with Gasteiger partial charge >= 0.3 is 0 Å². The number of benzene rings is 1. The maximum atomic E-state index is 13.4. The summed E-state index contributed by atoms with van der Waals surface area (Å²) in [4.78, 5) is 0. The van der Waals surface area contributed by atoms with Gasteiger partial charge in [-0.05, 0) is 30.0 Å². The first kappa shape index (κ1) is 11.2. The van der Waals surface area contributed by atoms with Crippen LogP contribution in [0.15, 0.2) is 12.1 Å². The molecule has 1 rings (SSSR count). The predicted octanol–water partition coefficient (Wildman–Crippen LogP) is 3.87. The van der Waals surface area contributed by atoms with E-state index in [0.717, 1.165) is 30.9 Å². The fraction of sp³-hybridized carbons (Fsp3) is 0.500. The van der Waals surface area contributed by atoms with Gasteiger partial charge in [-0.15, -0.1) is 0 Å². The molecule has 2 heteroatoms. The van der Waals surface area contributed by atoms with Crippen molar-refractivity contribution in [2.75, 3.05) is 0 Å². The number of halogens is 2. The smallest absolute Gasteiger partial charge is 0.129 e. The van der Waals surface area contributed by atoms with Crippen LogP contribution in [0.4, 0.5) is 8.78 Å². The normalized spacial score (nSPS) is 10.6. The molecule has 14 heavy (non-hydrogen) atoms. The third-order valence-electron chi connectivity index (χ3n) is 2.27. The molecule has 0 aliphatic rings. The minimum absolute atomic E-state index is 0.393. The molecule has 1 aromatic carbocycles. The lowest BCUT2D eigenvalue weighted by molar-refractivity contribution is 0.565. The van der Waals surface area contributed by atoms with Gasteiger partial charge in [0.15, 0.2) is 0 Å². The summed E-state index contributed by atoms with van der Waals surface area (Å²) in [6.07, 6.45) is 3.25. The summed E-state index contributed by atoms with van der Waals surface area (Å²) in [6, 6.07) is 2.43. The zero-order valence-corrected chi connectivity index (χ0v) is 8.74. The minimum atomic E-state index is -0.467. The molecule has 0 aliphatic heterocycles. The van der Waals surface area contributed by atoms with Gasteiger partial charge in [-0.25, -0.2) is 8.78 Å². The maximum Gasteiger partial charge on any atom is 0.129 e. The second-order valence-electron chi connectivity index (χ2n) is 3.53. The van der Waals surface area contributed by atoms with Crippen molar-refractivity contribution in [2.45, 2.75) is 39.5 Å². The average molecular weight is 198 g/mol. The topological polar surface area (TPSA) is 0 Å². The fourth-order valence-corrected chi connectivity index (χ4v) is 1.68. The lowest BCUT2D eigenvalue weighted by Crippen LogP contribution is -1.99. The van der Waals surface area contributed by atoms with E-state index < -0.39 is 11.6 Å². The van der Waals surface area contributed by atoms with Crippen molar-refractivity contribution in [1.29, 1.82) is 0 Å². The fourth-order valence-electron chi connectivity index (χ4n) is 1.68. The molecular weight excluding hydrogens is 182 g/mol. The molecule has 0 nitrogen and oxygen atoms in total. The van der Waals surface area contributed by atoms with Gasteiger partial charge in [-0.3, -0.25) is 0 Å². The van der Waals surface area contributed by atoms with Crippen LogP contribution in [0.3, 0.4) is 0 Å². The predicted molar refractivity (Wildman–Crippen MR) is 54.3 cm³/mol. The Morgan fingerprint density at radius 1 is 1.00 bits per heavy atom. The van der Waals surface area contributed by atoms with Crippen molar-refractivity contribution in [1.82, 2.24) is 0 Å². The number of rotatable bonds is 4. The highest BCUT2D eigenvalue weighted by molar-refractivity contribution is 5.29. The lowest BCUT2D eigenvalue weighted by Gasteiger charge is -2.09. The highest BCUT2D eigenvalue weighted by atomic mass is 19.1. The van der Waals surface area contributed by atoms with E-state index in [2.05, 4.69) is 0 Å². The standard InChI is InChI=1S/C12H16F2/c1-3-5-9-7-10(13)8-12(14)11(9)6-4-2/h7-8H,3-6H2,1-2H3. The zero-order chi connectivity index (χ0) is 10.6. The van der Waals surface area contributed by atoms with Crippen LogP contribution >= 0.6 is 0 Å². The van der Waals surface area contributed by atoms with Crippen molar-refractivity contribution >= 4 is 0 Å². The van der Waals surface area contributed by atoms with Crippen molar-refractivity contribution in [3.05, 3.63) is 34.9 Å². The van der Waals surface area contributed by atoms with E-state index in [1.807, 2.05) is 13.8 Å². The van der Waals surface area contributed by atoms with E-state index in [0.29, 0.717) is 12.0 Å². The summed E-state index contributed by atoms with van der Waals surface area (Å²) in [7, 11) is 0. The summed E-state index contributed by atoms with van der Waals surface area (Å²) >= 11 is 0. The minimum Gasteiger partial charge on any atom is -0.207 e. The Morgan fingerprint density at radius 2 is 1.64 bits per heavy atom. The monoisotopic (exact) mass is 198 g/mol. The molecule has 0 aliphatic carbocycles. The van der Waals surface area contributed by atoms with Gasteiger partial charge in [0.1, 0.15) is 11.6 Å².